The number of esters is 1. The summed E-state index contributed by atoms with van der Waals surface area (Å²) in [6.07, 6.45) is 1.01. The van der Waals surface area contributed by atoms with Crippen molar-refractivity contribution >= 4 is 23.2 Å². The van der Waals surface area contributed by atoms with Crippen LogP contribution in [0.3, 0.4) is 0 Å². The monoisotopic (exact) mass is 400 g/mol. The van der Waals surface area contributed by atoms with Crippen molar-refractivity contribution in [2.75, 3.05) is 19.0 Å². The largest absolute Gasteiger partial charge is 0.497 e. The number of methoxy groups -OCH3 is 1. The van der Waals surface area contributed by atoms with Crippen LogP contribution in [0.2, 0.25) is 0 Å². The van der Waals surface area contributed by atoms with Crippen molar-refractivity contribution in [1.29, 1.82) is 0 Å². The summed E-state index contributed by atoms with van der Waals surface area (Å²) in [5, 5.41) is 13.8. The number of pyridine rings is 1. The van der Waals surface area contributed by atoms with Crippen molar-refractivity contribution in [3.05, 3.63) is 68.7 Å². The molecule has 0 aliphatic heterocycles. The van der Waals surface area contributed by atoms with Crippen LogP contribution in [-0.4, -0.2) is 34.3 Å². The highest BCUT2D eigenvalue weighted by Crippen LogP contribution is 2.26. The number of carbonyl (C=O) groups excluding carboxylic acids is 1. The number of rotatable bonds is 7. The molecule has 0 unspecified atom stereocenters. The van der Waals surface area contributed by atoms with Crippen LogP contribution in [0.1, 0.15) is 17.3 Å². The average molecular weight is 400 g/mol. The summed E-state index contributed by atoms with van der Waals surface area (Å²) < 4.78 is 16.2. The van der Waals surface area contributed by atoms with E-state index >= 15 is 0 Å². The number of carbonyl (C=O) groups is 1. The molecule has 11 heteroatoms. The van der Waals surface area contributed by atoms with Gasteiger partial charge >= 0.3 is 11.6 Å². The van der Waals surface area contributed by atoms with Gasteiger partial charge < -0.3 is 19.3 Å². The molecular formula is C18H16N4O7. The molecule has 0 radical (unpaired) electrons. The third-order valence-corrected chi connectivity index (χ3v) is 3.78. The lowest BCUT2D eigenvalue weighted by atomic mass is 10.2. The molecule has 0 amide bonds. The van der Waals surface area contributed by atoms with Gasteiger partial charge in [-0.3, -0.25) is 10.1 Å². The summed E-state index contributed by atoms with van der Waals surface area (Å²) >= 11 is 0. The summed E-state index contributed by atoms with van der Waals surface area (Å²) in [6, 6.07) is 9.23. The zero-order valence-corrected chi connectivity index (χ0v) is 15.4. The van der Waals surface area contributed by atoms with Crippen LogP contribution in [0.25, 0.3) is 5.82 Å². The van der Waals surface area contributed by atoms with Gasteiger partial charge in [-0.05, 0) is 25.1 Å². The number of nitro groups is 1. The number of anilines is 2. The first kappa shape index (κ1) is 19.6. The van der Waals surface area contributed by atoms with Gasteiger partial charge in [0.05, 0.1) is 18.6 Å². The lowest BCUT2D eigenvalue weighted by Gasteiger charge is -2.11. The smallest absolute Gasteiger partial charge is 0.374 e. The first-order valence-electron chi connectivity index (χ1n) is 8.40. The van der Waals surface area contributed by atoms with Crippen molar-refractivity contribution < 1.29 is 23.7 Å². The van der Waals surface area contributed by atoms with E-state index in [1.165, 1.54) is 19.2 Å². The maximum Gasteiger partial charge on any atom is 0.374 e. The van der Waals surface area contributed by atoms with Gasteiger partial charge in [-0.15, -0.1) is 4.74 Å². The zero-order chi connectivity index (χ0) is 21.0. The van der Waals surface area contributed by atoms with Crippen LogP contribution in [-0.2, 0) is 4.74 Å². The Hall–Kier alpha value is -4.15. The SMILES string of the molecule is CCOC(=O)c1c(Nc2cccc(OC)c2)n(-c2ccc([N+](=O)[O-])cn2)oc1=O. The molecule has 3 rings (SSSR count). The van der Waals surface area contributed by atoms with Crippen molar-refractivity contribution in [1.82, 2.24) is 9.72 Å². The number of nitrogens with zero attached hydrogens (tertiary/aromatic N) is 3. The Labute approximate surface area is 163 Å². The van der Waals surface area contributed by atoms with Gasteiger partial charge in [0.25, 0.3) is 5.69 Å². The molecule has 0 fully saturated rings. The summed E-state index contributed by atoms with van der Waals surface area (Å²) in [5.74, 6) is -0.331. The number of hydrogen-bond acceptors (Lipinski definition) is 9. The minimum Gasteiger partial charge on any atom is -0.497 e. The highest BCUT2D eigenvalue weighted by atomic mass is 16.6. The molecule has 0 aliphatic rings. The van der Waals surface area contributed by atoms with E-state index in [-0.39, 0.29) is 29.5 Å². The predicted octanol–water partition coefficient (Wildman–Crippen LogP) is 2.66. The quantitative estimate of drug-likeness (QED) is 0.360. The maximum absolute atomic E-state index is 12.3. The molecule has 0 atom stereocenters. The molecule has 0 aliphatic carbocycles. The van der Waals surface area contributed by atoms with E-state index in [0.29, 0.717) is 11.4 Å². The molecule has 2 aromatic heterocycles. The fourth-order valence-corrected chi connectivity index (χ4v) is 2.47. The fraction of sp³-hybridized carbons (Fsp3) is 0.167. The van der Waals surface area contributed by atoms with E-state index in [1.54, 1.807) is 31.2 Å². The number of ether oxygens (including phenoxy) is 2. The molecule has 150 valence electrons. The minimum atomic E-state index is -0.950. The average Bonchev–Trinajstić information content (AvgIpc) is 3.04. The number of nitrogens with one attached hydrogen (secondary N) is 1. The molecule has 29 heavy (non-hydrogen) atoms. The van der Waals surface area contributed by atoms with Crippen LogP contribution in [0.4, 0.5) is 17.2 Å². The molecule has 0 bridgehead atoms. The Morgan fingerprint density at radius 1 is 1.34 bits per heavy atom. The molecule has 0 saturated heterocycles. The van der Waals surface area contributed by atoms with E-state index in [2.05, 4.69) is 10.3 Å². The fourth-order valence-electron chi connectivity index (χ4n) is 2.47. The Morgan fingerprint density at radius 2 is 2.14 bits per heavy atom. The predicted molar refractivity (Wildman–Crippen MR) is 101 cm³/mol. The van der Waals surface area contributed by atoms with E-state index in [1.807, 2.05) is 0 Å². The summed E-state index contributed by atoms with van der Waals surface area (Å²) in [4.78, 5) is 38.8. The van der Waals surface area contributed by atoms with Crippen LogP contribution in [0.5, 0.6) is 5.75 Å². The molecule has 1 N–H and O–H groups in total. The van der Waals surface area contributed by atoms with Gasteiger partial charge in [-0.25, -0.2) is 14.6 Å². The number of aromatic nitrogens is 2. The highest BCUT2D eigenvalue weighted by molar-refractivity contribution is 5.95. The van der Waals surface area contributed by atoms with Crippen LogP contribution in [0, 0.1) is 10.1 Å². The van der Waals surface area contributed by atoms with E-state index < -0.39 is 16.5 Å². The molecule has 3 aromatic rings. The zero-order valence-electron chi connectivity index (χ0n) is 15.4. The third kappa shape index (κ3) is 4.08. The molecule has 0 spiro atoms. The van der Waals surface area contributed by atoms with Crippen LogP contribution in [0.15, 0.2) is 51.9 Å². The standard InChI is InChI=1S/C18H16N4O7/c1-3-28-17(23)15-16(20-11-5-4-6-13(9-11)27-2)21(29-18(15)24)14-8-7-12(10-19-14)22(25)26/h4-10,20H,3H2,1-2H3. The summed E-state index contributed by atoms with van der Waals surface area (Å²) in [7, 11) is 1.50. The van der Waals surface area contributed by atoms with Gasteiger partial charge in [-0.2, -0.15) is 0 Å². The first-order chi connectivity index (χ1) is 13.9. The molecule has 1 aromatic carbocycles. The second kappa shape index (κ2) is 8.25. The van der Waals surface area contributed by atoms with Gasteiger partial charge in [0, 0.05) is 17.8 Å². The van der Waals surface area contributed by atoms with Crippen molar-refractivity contribution in [3.63, 3.8) is 0 Å². The number of benzene rings is 1. The number of hydrogen-bond donors (Lipinski definition) is 1. The van der Waals surface area contributed by atoms with Crippen LogP contribution >= 0.6 is 0 Å². The van der Waals surface area contributed by atoms with Crippen LogP contribution < -0.4 is 15.7 Å². The van der Waals surface area contributed by atoms with Crippen molar-refractivity contribution in [2.24, 2.45) is 0 Å². The Balaban J connectivity index is 2.12. The van der Waals surface area contributed by atoms with Crippen molar-refractivity contribution in [2.45, 2.75) is 6.92 Å². The Bertz CT molecular complexity index is 1100. The first-order valence-corrected chi connectivity index (χ1v) is 8.40. The molecular weight excluding hydrogens is 384 g/mol. The van der Waals surface area contributed by atoms with Gasteiger partial charge in [0.1, 0.15) is 11.9 Å². The summed E-state index contributed by atoms with van der Waals surface area (Å²) in [5.41, 5.74) is -1.06. The van der Waals surface area contributed by atoms with Crippen molar-refractivity contribution in [3.8, 4) is 11.6 Å². The second-order valence-electron chi connectivity index (χ2n) is 5.61. The van der Waals surface area contributed by atoms with E-state index in [4.69, 9.17) is 14.0 Å². The topological polar surface area (TPSA) is 139 Å². The lowest BCUT2D eigenvalue weighted by Crippen LogP contribution is -2.15. The van der Waals surface area contributed by atoms with Gasteiger partial charge in [-0.1, -0.05) is 6.07 Å². The molecule has 11 nitrogen and oxygen atoms in total. The molecule has 0 saturated carbocycles. The molecule has 2 heterocycles. The summed E-state index contributed by atoms with van der Waals surface area (Å²) in [6.45, 7) is 1.65. The van der Waals surface area contributed by atoms with Gasteiger partial charge in [0.2, 0.25) is 0 Å². The Kier molecular flexibility index (Phi) is 5.58. The minimum absolute atomic E-state index is 0.0388. The highest BCUT2D eigenvalue weighted by Gasteiger charge is 2.27. The lowest BCUT2D eigenvalue weighted by molar-refractivity contribution is -0.385. The Morgan fingerprint density at radius 3 is 2.76 bits per heavy atom. The van der Waals surface area contributed by atoms with E-state index in [0.717, 1.165) is 10.9 Å². The maximum atomic E-state index is 12.3. The van der Waals surface area contributed by atoms with Gasteiger partial charge in [0.15, 0.2) is 17.2 Å². The third-order valence-electron chi connectivity index (χ3n) is 3.78. The normalized spacial score (nSPS) is 10.4. The second-order valence-corrected chi connectivity index (χ2v) is 5.61. The van der Waals surface area contributed by atoms with E-state index in [9.17, 15) is 19.7 Å².